The molecule has 3 saturated carbocycles. The molecule has 1 heterocycles. The average molecular weight is 817 g/mol. The molecule has 0 amide bonds. The highest BCUT2D eigenvalue weighted by Crippen LogP contribution is 2.67. The highest BCUT2D eigenvalue weighted by molar-refractivity contribution is 5.92. The number of fused-ring (bicyclic) bond motifs is 1. The minimum atomic E-state index is -2.54. The Morgan fingerprint density at radius 2 is 1.39 bits per heavy atom. The van der Waals surface area contributed by atoms with E-state index in [0.29, 0.717) is 5.56 Å². The van der Waals surface area contributed by atoms with Crippen molar-refractivity contribution in [2.45, 2.75) is 96.1 Å². The van der Waals surface area contributed by atoms with Gasteiger partial charge in [0, 0.05) is 63.9 Å². The summed E-state index contributed by atoms with van der Waals surface area (Å²) in [5.74, 6) is -8.70. The Kier molecular flexibility index (Phi) is 11.8. The lowest BCUT2D eigenvalue weighted by atomic mass is 9.43. The van der Waals surface area contributed by atoms with Crippen LogP contribution in [0.4, 0.5) is 0 Å². The molecular formula is C44H48O15. The van der Waals surface area contributed by atoms with Crippen molar-refractivity contribution in [3.05, 3.63) is 90.0 Å². The summed E-state index contributed by atoms with van der Waals surface area (Å²) in [6.07, 6.45) is -6.44. The lowest BCUT2D eigenvalue weighted by molar-refractivity contribution is -0.302. The van der Waals surface area contributed by atoms with Gasteiger partial charge in [0.1, 0.15) is 30.5 Å². The van der Waals surface area contributed by atoms with Gasteiger partial charge in [-0.25, -0.2) is 9.59 Å². The number of Topliss-reactive ketones (excluding diaryl/α,β-unsaturated/α-hetero) is 1. The average Bonchev–Trinajstić information content (AvgIpc) is 3.32. The van der Waals surface area contributed by atoms with Crippen LogP contribution in [0.5, 0.6) is 0 Å². The van der Waals surface area contributed by atoms with Gasteiger partial charge in [-0.3, -0.25) is 24.0 Å². The van der Waals surface area contributed by atoms with Crippen LogP contribution in [0.1, 0.15) is 70.3 Å². The maximum atomic E-state index is 14.4. The van der Waals surface area contributed by atoms with E-state index in [0.717, 1.165) is 27.7 Å². The smallest absolute Gasteiger partial charge is 0.338 e. The highest BCUT2D eigenvalue weighted by Gasteiger charge is 2.83. The fourth-order valence-electron chi connectivity index (χ4n) is 9.88. The molecule has 0 aromatic heterocycles. The standard InChI is InChI=1S/C44H48O15/c1-24-32(59-35(50)19-18-29-14-10-8-11-15-29)21-34(55-25(2)45)43(23-53-40(51)30-16-12-9-13-17-30)36(24)37(56-26(3)46)31-20-33(49)42(7)44(52,41(31,6)22-54-42)39(58-28(5)48)38(43)57-27(4)47/h8-19,31-32,34,36-39,52H,1,20-23H2,2-7H3/b19-18+. The first-order valence-electron chi connectivity index (χ1n) is 19.2. The predicted molar refractivity (Wildman–Crippen MR) is 205 cm³/mol. The van der Waals surface area contributed by atoms with E-state index < -0.39 is 119 Å². The van der Waals surface area contributed by atoms with Crippen LogP contribution in [-0.2, 0) is 61.9 Å². The molecule has 4 aliphatic rings. The molecule has 1 aliphatic heterocycles. The van der Waals surface area contributed by atoms with Crippen molar-refractivity contribution in [1.82, 2.24) is 0 Å². The maximum Gasteiger partial charge on any atom is 0.338 e. The monoisotopic (exact) mass is 816 g/mol. The van der Waals surface area contributed by atoms with Crippen molar-refractivity contribution in [3.8, 4) is 0 Å². The molecular weight excluding hydrogens is 768 g/mol. The normalized spacial score (nSPS) is 34.7. The molecule has 11 unspecified atom stereocenters. The fraction of sp³-hybridized carbons (Fsp3) is 0.477. The second kappa shape index (κ2) is 16.2. The topological polar surface area (TPSA) is 204 Å². The maximum absolute atomic E-state index is 14.4. The summed E-state index contributed by atoms with van der Waals surface area (Å²) >= 11 is 0. The SMILES string of the molecule is C=C1C(OC(=O)/C=C/c2ccccc2)CC(OC(C)=O)C2(COC(=O)c3ccccc3)C(OC(C)=O)C(OC(C)=O)C3(O)C4(C)OCC3(C)C(CC4=O)C(OC(C)=O)C12. The van der Waals surface area contributed by atoms with Crippen LogP contribution in [-0.4, -0.2) is 102 Å². The van der Waals surface area contributed by atoms with Crippen LogP contribution in [0.3, 0.4) is 0 Å². The van der Waals surface area contributed by atoms with E-state index in [1.165, 1.54) is 31.2 Å². The molecule has 0 spiro atoms. The zero-order valence-corrected chi connectivity index (χ0v) is 33.7. The van der Waals surface area contributed by atoms with Gasteiger partial charge in [0.15, 0.2) is 23.6 Å². The Balaban J connectivity index is 1.65. The summed E-state index contributed by atoms with van der Waals surface area (Å²) in [5.41, 5.74) is -7.59. The van der Waals surface area contributed by atoms with Crippen molar-refractivity contribution in [2.75, 3.05) is 13.2 Å². The minimum Gasteiger partial charge on any atom is -0.462 e. The lowest BCUT2D eigenvalue weighted by Gasteiger charge is -2.65. The number of hydrogen-bond acceptors (Lipinski definition) is 15. The van der Waals surface area contributed by atoms with Gasteiger partial charge in [-0.05, 0) is 36.3 Å². The van der Waals surface area contributed by atoms with Gasteiger partial charge < -0.3 is 38.3 Å². The van der Waals surface area contributed by atoms with E-state index in [2.05, 4.69) is 6.58 Å². The molecule has 1 saturated heterocycles. The van der Waals surface area contributed by atoms with E-state index in [4.69, 9.17) is 33.2 Å². The van der Waals surface area contributed by atoms with Crippen LogP contribution in [0, 0.1) is 22.7 Å². The molecule has 4 bridgehead atoms. The van der Waals surface area contributed by atoms with Crippen LogP contribution >= 0.6 is 0 Å². The third-order valence-electron chi connectivity index (χ3n) is 12.5. The van der Waals surface area contributed by atoms with E-state index in [1.54, 1.807) is 49.4 Å². The molecule has 6 rings (SSSR count). The van der Waals surface area contributed by atoms with Gasteiger partial charge in [-0.15, -0.1) is 0 Å². The van der Waals surface area contributed by atoms with Gasteiger partial charge in [-0.2, -0.15) is 0 Å². The number of carbonyl (C=O) groups excluding carboxylic acids is 7. The first-order chi connectivity index (χ1) is 27.8. The Bertz CT molecular complexity index is 2060. The number of benzene rings is 2. The Morgan fingerprint density at radius 3 is 1.98 bits per heavy atom. The van der Waals surface area contributed by atoms with E-state index in [1.807, 2.05) is 6.07 Å². The number of aliphatic hydroxyl groups is 1. The predicted octanol–water partition coefficient (Wildman–Crippen LogP) is 3.89. The third kappa shape index (κ3) is 7.35. The quantitative estimate of drug-likeness (QED) is 0.156. The molecule has 15 heteroatoms. The number of carbonyl (C=O) groups is 7. The zero-order chi connectivity index (χ0) is 43.1. The first-order valence-corrected chi connectivity index (χ1v) is 19.2. The fourth-order valence-corrected chi connectivity index (χ4v) is 9.88. The van der Waals surface area contributed by atoms with Gasteiger partial charge in [-0.1, -0.05) is 62.0 Å². The summed E-state index contributed by atoms with van der Waals surface area (Å²) in [7, 11) is 0. The summed E-state index contributed by atoms with van der Waals surface area (Å²) in [6.45, 7) is 10.4. The molecule has 314 valence electrons. The van der Waals surface area contributed by atoms with Gasteiger partial charge in [0.05, 0.1) is 17.6 Å². The number of hydrogen-bond donors (Lipinski definition) is 1. The largest absolute Gasteiger partial charge is 0.462 e. The number of ketones is 1. The summed E-state index contributed by atoms with van der Waals surface area (Å²) in [6, 6.07) is 16.8. The number of ether oxygens (including phenoxy) is 7. The highest BCUT2D eigenvalue weighted by atomic mass is 16.6. The third-order valence-corrected chi connectivity index (χ3v) is 12.5. The minimum absolute atomic E-state index is 0.0318. The molecule has 1 N–H and O–H groups in total. The second-order valence-corrected chi connectivity index (χ2v) is 16.0. The van der Waals surface area contributed by atoms with E-state index >= 15 is 0 Å². The van der Waals surface area contributed by atoms with Gasteiger partial charge in [0.2, 0.25) is 0 Å². The van der Waals surface area contributed by atoms with Crippen LogP contribution < -0.4 is 0 Å². The molecule has 0 radical (unpaired) electrons. The van der Waals surface area contributed by atoms with Crippen molar-refractivity contribution in [3.63, 3.8) is 0 Å². The summed E-state index contributed by atoms with van der Waals surface area (Å²) < 4.78 is 42.7. The van der Waals surface area contributed by atoms with E-state index in [-0.39, 0.29) is 24.2 Å². The van der Waals surface area contributed by atoms with Crippen molar-refractivity contribution in [2.24, 2.45) is 22.7 Å². The summed E-state index contributed by atoms with van der Waals surface area (Å²) in [4.78, 5) is 95.0. The molecule has 4 fully saturated rings. The van der Waals surface area contributed by atoms with Crippen molar-refractivity contribution >= 4 is 47.7 Å². The molecule has 11 atom stereocenters. The van der Waals surface area contributed by atoms with Crippen LogP contribution in [0.25, 0.3) is 6.08 Å². The molecule has 15 nitrogen and oxygen atoms in total. The molecule has 2 aromatic rings. The number of rotatable bonds is 10. The first kappa shape index (κ1) is 42.9. The summed E-state index contributed by atoms with van der Waals surface area (Å²) in [5, 5.41) is 13.4. The van der Waals surface area contributed by atoms with Crippen LogP contribution in [0.2, 0.25) is 0 Å². The van der Waals surface area contributed by atoms with Crippen molar-refractivity contribution < 1.29 is 71.8 Å². The number of esters is 6. The Morgan fingerprint density at radius 1 is 0.814 bits per heavy atom. The van der Waals surface area contributed by atoms with Gasteiger partial charge in [0.25, 0.3) is 0 Å². The zero-order valence-electron chi connectivity index (χ0n) is 33.7. The Hall–Kier alpha value is -5.67. The van der Waals surface area contributed by atoms with E-state index in [9.17, 15) is 38.7 Å². The molecule has 59 heavy (non-hydrogen) atoms. The second-order valence-electron chi connectivity index (χ2n) is 16.0. The van der Waals surface area contributed by atoms with Gasteiger partial charge >= 0.3 is 35.8 Å². The molecule has 2 aromatic carbocycles. The molecule has 3 aliphatic carbocycles. The van der Waals surface area contributed by atoms with Crippen LogP contribution in [0.15, 0.2) is 78.9 Å². The Labute approximate surface area is 340 Å². The van der Waals surface area contributed by atoms with Crippen molar-refractivity contribution in [1.29, 1.82) is 0 Å². The lowest BCUT2D eigenvalue weighted by Crippen LogP contribution is -2.81.